The summed E-state index contributed by atoms with van der Waals surface area (Å²) in [5, 5.41) is 3.27. The molecule has 0 aliphatic heterocycles. The largest absolute Gasteiger partial charge is 0.497 e. The predicted molar refractivity (Wildman–Crippen MR) is 158 cm³/mol. The van der Waals surface area contributed by atoms with E-state index in [2.05, 4.69) is 5.32 Å². The first-order chi connectivity index (χ1) is 19.1. The molecule has 0 aliphatic rings. The summed E-state index contributed by atoms with van der Waals surface area (Å²) in [5.41, 5.74) is 1.92. The highest BCUT2D eigenvalue weighted by Gasteiger charge is 2.33. The van der Waals surface area contributed by atoms with Crippen molar-refractivity contribution in [2.75, 3.05) is 24.5 Å². The molecule has 0 bridgehead atoms. The summed E-state index contributed by atoms with van der Waals surface area (Å²) < 4.78 is 34.2. The number of carbonyl (C=O) groups is 2. The Balaban J connectivity index is 2.06. The molecule has 3 aromatic rings. The van der Waals surface area contributed by atoms with Gasteiger partial charge in [0.2, 0.25) is 11.8 Å². The van der Waals surface area contributed by atoms with Gasteiger partial charge in [-0.3, -0.25) is 13.9 Å². The maximum Gasteiger partial charge on any atom is 0.264 e. The van der Waals surface area contributed by atoms with Crippen LogP contribution in [0.15, 0.2) is 77.7 Å². The number of nitrogens with one attached hydrogen (secondary N) is 1. The second-order valence-electron chi connectivity index (χ2n) is 9.39. The molecule has 3 aromatic carbocycles. The number of aryl methyl sites for hydroxylation is 1. The fraction of sp³-hybridized carbons (Fsp3) is 0.333. The minimum atomic E-state index is -4.16. The Kier molecular flexibility index (Phi) is 11.0. The highest BCUT2D eigenvalue weighted by molar-refractivity contribution is 7.92. The van der Waals surface area contributed by atoms with Gasteiger partial charge in [0, 0.05) is 18.1 Å². The number of hydrogen-bond acceptors (Lipinski definition) is 5. The van der Waals surface area contributed by atoms with Crippen LogP contribution in [-0.4, -0.2) is 51.4 Å². The third-order valence-electron chi connectivity index (χ3n) is 6.39. The smallest absolute Gasteiger partial charge is 0.264 e. The van der Waals surface area contributed by atoms with Crippen molar-refractivity contribution in [3.05, 3.63) is 88.9 Å². The lowest BCUT2D eigenvalue weighted by molar-refractivity contribution is -0.140. The van der Waals surface area contributed by atoms with Crippen molar-refractivity contribution in [1.82, 2.24) is 10.2 Å². The van der Waals surface area contributed by atoms with Crippen molar-refractivity contribution >= 4 is 39.1 Å². The second-order valence-corrected chi connectivity index (χ2v) is 11.7. The van der Waals surface area contributed by atoms with Crippen LogP contribution in [-0.2, 0) is 26.2 Å². The molecule has 0 spiro atoms. The van der Waals surface area contributed by atoms with E-state index in [4.69, 9.17) is 16.3 Å². The topological polar surface area (TPSA) is 96.0 Å². The lowest BCUT2D eigenvalue weighted by atomic mass is 10.1. The Labute approximate surface area is 241 Å². The van der Waals surface area contributed by atoms with E-state index in [1.165, 1.54) is 29.2 Å². The molecule has 0 fully saturated rings. The summed E-state index contributed by atoms with van der Waals surface area (Å²) in [7, 11) is -2.61. The molecule has 1 atom stereocenters. The van der Waals surface area contributed by atoms with Gasteiger partial charge in [0.15, 0.2) is 0 Å². The number of ether oxygens (including phenoxy) is 1. The zero-order valence-electron chi connectivity index (χ0n) is 23.3. The van der Waals surface area contributed by atoms with Gasteiger partial charge in [0.1, 0.15) is 18.3 Å². The number of amides is 2. The van der Waals surface area contributed by atoms with Crippen molar-refractivity contribution in [2.45, 2.75) is 51.1 Å². The van der Waals surface area contributed by atoms with Crippen LogP contribution in [0.4, 0.5) is 5.69 Å². The number of hydrogen-bond donors (Lipinski definition) is 1. The molecule has 2 amide bonds. The minimum Gasteiger partial charge on any atom is -0.497 e. The van der Waals surface area contributed by atoms with Crippen LogP contribution in [0.1, 0.15) is 37.8 Å². The lowest BCUT2D eigenvalue weighted by Gasteiger charge is -2.33. The van der Waals surface area contributed by atoms with E-state index in [1.54, 1.807) is 43.5 Å². The molecule has 0 saturated carbocycles. The summed E-state index contributed by atoms with van der Waals surface area (Å²) in [5.74, 6) is -0.191. The van der Waals surface area contributed by atoms with Crippen molar-refractivity contribution in [3.63, 3.8) is 0 Å². The molecule has 0 aliphatic carbocycles. The number of sulfonamides is 1. The quantitative estimate of drug-likeness (QED) is 0.298. The highest BCUT2D eigenvalue weighted by Crippen LogP contribution is 2.27. The number of anilines is 1. The zero-order chi connectivity index (χ0) is 29.3. The summed E-state index contributed by atoms with van der Waals surface area (Å²) >= 11 is 6.00. The van der Waals surface area contributed by atoms with E-state index in [0.29, 0.717) is 29.4 Å². The van der Waals surface area contributed by atoms with E-state index in [9.17, 15) is 18.0 Å². The molecule has 0 heterocycles. The SMILES string of the molecule is CCCNC(=O)C(CC)N(Cc1cccc(OC)c1)C(=O)CN(c1cccc(C)c1)S(=O)(=O)c1ccc(Cl)cc1. The summed E-state index contributed by atoms with van der Waals surface area (Å²) in [4.78, 5) is 28.7. The van der Waals surface area contributed by atoms with E-state index in [1.807, 2.05) is 32.9 Å². The average Bonchev–Trinajstić information content (AvgIpc) is 2.94. The van der Waals surface area contributed by atoms with Gasteiger partial charge in [0.05, 0.1) is 17.7 Å². The Hall–Kier alpha value is -3.56. The van der Waals surface area contributed by atoms with Crippen molar-refractivity contribution in [1.29, 1.82) is 0 Å². The molecule has 3 rings (SSSR count). The van der Waals surface area contributed by atoms with E-state index < -0.39 is 28.5 Å². The van der Waals surface area contributed by atoms with Crippen molar-refractivity contribution < 1.29 is 22.7 Å². The number of halogens is 1. The fourth-order valence-corrected chi connectivity index (χ4v) is 5.83. The van der Waals surface area contributed by atoms with Crippen LogP contribution < -0.4 is 14.4 Å². The van der Waals surface area contributed by atoms with E-state index in [0.717, 1.165) is 21.9 Å². The predicted octanol–water partition coefficient (Wildman–Crippen LogP) is 5.19. The van der Waals surface area contributed by atoms with Gasteiger partial charge in [-0.2, -0.15) is 0 Å². The van der Waals surface area contributed by atoms with Crippen LogP contribution >= 0.6 is 11.6 Å². The van der Waals surface area contributed by atoms with Gasteiger partial charge >= 0.3 is 0 Å². The van der Waals surface area contributed by atoms with Crippen LogP contribution in [0.25, 0.3) is 0 Å². The molecule has 10 heteroatoms. The second kappa shape index (κ2) is 14.2. The first kappa shape index (κ1) is 31.0. The van der Waals surface area contributed by atoms with Gasteiger partial charge in [-0.15, -0.1) is 0 Å². The normalized spacial score (nSPS) is 11.9. The van der Waals surface area contributed by atoms with Gasteiger partial charge in [-0.05, 0) is 79.4 Å². The Morgan fingerprint density at radius 3 is 2.33 bits per heavy atom. The number of rotatable bonds is 13. The van der Waals surface area contributed by atoms with Crippen LogP contribution in [0.2, 0.25) is 5.02 Å². The first-order valence-corrected chi connectivity index (χ1v) is 15.0. The Morgan fingerprint density at radius 1 is 1.00 bits per heavy atom. The van der Waals surface area contributed by atoms with Crippen molar-refractivity contribution in [3.8, 4) is 5.75 Å². The number of carbonyl (C=O) groups excluding carboxylic acids is 2. The third kappa shape index (κ3) is 7.76. The summed E-state index contributed by atoms with van der Waals surface area (Å²) in [6.45, 7) is 5.68. The maximum atomic E-state index is 14.1. The number of methoxy groups -OCH3 is 1. The van der Waals surface area contributed by atoms with Crippen LogP contribution in [0, 0.1) is 6.92 Å². The van der Waals surface area contributed by atoms with Crippen molar-refractivity contribution in [2.24, 2.45) is 0 Å². The number of benzene rings is 3. The molecule has 0 radical (unpaired) electrons. The Morgan fingerprint density at radius 2 is 1.70 bits per heavy atom. The summed E-state index contributed by atoms with van der Waals surface area (Å²) in [6.07, 6.45) is 1.09. The average molecular weight is 586 g/mol. The van der Waals surface area contributed by atoms with E-state index >= 15 is 0 Å². The molecular formula is C30H36ClN3O5S. The highest BCUT2D eigenvalue weighted by atomic mass is 35.5. The van der Waals surface area contributed by atoms with E-state index in [-0.39, 0.29) is 17.3 Å². The molecule has 8 nitrogen and oxygen atoms in total. The fourth-order valence-electron chi connectivity index (χ4n) is 4.30. The van der Waals surface area contributed by atoms with Gasteiger partial charge in [-0.25, -0.2) is 8.42 Å². The van der Waals surface area contributed by atoms with Gasteiger partial charge < -0.3 is 15.0 Å². The van der Waals surface area contributed by atoms with Gasteiger partial charge in [0.25, 0.3) is 10.0 Å². The first-order valence-electron chi connectivity index (χ1n) is 13.2. The molecule has 214 valence electrons. The van der Waals surface area contributed by atoms with Crippen LogP contribution in [0.3, 0.4) is 0 Å². The zero-order valence-corrected chi connectivity index (χ0v) is 24.8. The molecule has 0 saturated heterocycles. The lowest BCUT2D eigenvalue weighted by Crippen LogP contribution is -2.52. The van der Waals surface area contributed by atoms with Crippen LogP contribution in [0.5, 0.6) is 5.75 Å². The third-order valence-corrected chi connectivity index (χ3v) is 8.43. The standard InChI is InChI=1S/C30H36ClN3O5S/c1-5-17-32-30(36)28(6-2)33(20-23-10-8-12-26(19-23)39-4)29(35)21-34(25-11-7-9-22(3)18-25)40(37,38)27-15-13-24(31)14-16-27/h7-16,18-19,28H,5-6,17,20-21H2,1-4H3,(H,32,36). The number of nitrogens with zero attached hydrogens (tertiary/aromatic N) is 2. The molecule has 1 N–H and O–H groups in total. The maximum absolute atomic E-state index is 14.1. The molecule has 1 unspecified atom stereocenters. The minimum absolute atomic E-state index is 0.00159. The van der Waals surface area contributed by atoms with Gasteiger partial charge in [-0.1, -0.05) is 49.7 Å². The monoisotopic (exact) mass is 585 g/mol. The molecular weight excluding hydrogens is 550 g/mol. The molecule has 0 aromatic heterocycles. The Bertz CT molecular complexity index is 1410. The summed E-state index contributed by atoms with van der Waals surface area (Å²) in [6, 6.07) is 19.2. The molecule has 40 heavy (non-hydrogen) atoms.